The summed E-state index contributed by atoms with van der Waals surface area (Å²) in [6.45, 7) is 0. The monoisotopic (exact) mass is 493 g/mol. The lowest BCUT2D eigenvalue weighted by Crippen LogP contribution is -1.97. The lowest BCUT2D eigenvalue weighted by molar-refractivity contribution is 1.23. The molecule has 0 unspecified atom stereocenters. The molecule has 0 aliphatic rings. The van der Waals surface area contributed by atoms with E-state index in [-0.39, 0.29) is 0 Å². The average molecular weight is 494 g/mol. The molecule has 0 saturated heterocycles. The lowest BCUT2D eigenvalue weighted by Gasteiger charge is -2.15. The molecule has 4 heteroatoms. The van der Waals surface area contributed by atoms with E-state index in [9.17, 15) is 5.26 Å². The van der Waals surface area contributed by atoms with Gasteiger partial charge in [0, 0.05) is 16.5 Å². The van der Waals surface area contributed by atoms with E-state index < -0.39 is 0 Å². The van der Waals surface area contributed by atoms with Crippen LogP contribution >= 0.6 is 11.6 Å². The molecular weight excluding hydrogens is 474 g/mol. The number of fused-ring (bicyclic) bond motifs is 1. The minimum Gasteiger partial charge on any atom is -0.228 e. The summed E-state index contributed by atoms with van der Waals surface area (Å²) >= 11 is 6.21. The van der Waals surface area contributed by atoms with Crippen LogP contribution in [0.2, 0.25) is 5.02 Å². The molecule has 0 bridgehead atoms. The Labute approximate surface area is 220 Å². The van der Waals surface area contributed by atoms with Crippen LogP contribution in [0, 0.1) is 11.3 Å². The second kappa shape index (κ2) is 9.70. The topological polar surface area (TPSA) is 49.6 Å². The van der Waals surface area contributed by atoms with Crippen molar-refractivity contribution < 1.29 is 0 Å². The molecule has 0 atom stereocenters. The van der Waals surface area contributed by atoms with Crippen LogP contribution in [-0.4, -0.2) is 9.97 Å². The van der Waals surface area contributed by atoms with Crippen molar-refractivity contribution in [1.82, 2.24) is 9.97 Å². The first-order valence-corrected chi connectivity index (χ1v) is 12.3. The summed E-state index contributed by atoms with van der Waals surface area (Å²) in [5.41, 5.74) is 8.26. The van der Waals surface area contributed by atoms with Crippen LogP contribution in [0.25, 0.3) is 55.8 Å². The van der Waals surface area contributed by atoms with Crippen molar-refractivity contribution in [3.05, 3.63) is 132 Å². The number of hydrogen-bond acceptors (Lipinski definition) is 3. The summed E-state index contributed by atoms with van der Waals surface area (Å²) in [6.07, 6.45) is 0. The molecule has 0 saturated carbocycles. The molecular formula is C33H20ClN3. The minimum absolute atomic E-state index is 0.397. The summed E-state index contributed by atoms with van der Waals surface area (Å²) in [4.78, 5) is 10.0. The molecule has 3 nitrogen and oxygen atoms in total. The fraction of sp³-hybridized carbons (Fsp3) is 0. The van der Waals surface area contributed by atoms with Gasteiger partial charge < -0.3 is 0 Å². The van der Waals surface area contributed by atoms with Crippen LogP contribution in [0.3, 0.4) is 0 Å². The zero-order chi connectivity index (χ0) is 25.2. The van der Waals surface area contributed by atoms with Gasteiger partial charge in [-0.2, -0.15) is 5.26 Å². The molecule has 0 N–H and O–H groups in total. The molecule has 1 aromatic heterocycles. The van der Waals surface area contributed by atoms with Crippen molar-refractivity contribution >= 4 is 22.5 Å². The number of halogens is 1. The molecule has 6 rings (SSSR count). The van der Waals surface area contributed by atoms with Crippen molar-refractivity contribution in [3.63, 3.8) is 0 Å². The van der Waals surface area contributed by atoms with Gasteiger partial charge in [-0.05, 0) is 52.6 Å². The molecule has 0 spiro atoms. The van der Waals surface area contributed by atoms with Gasteiger partial charge in [-0.25, -0.2) is 9.97 Å². The Hall–Kier alpha value is -4.78. The van der Waals surface area contributed by atoms with E-state index in [0.29, 0.717) is 16.4 Å². The predicted octanol–water partition coefficient (Wildman–Crippen LogP) is 8.82. The van der Waals surface area contributed by atoms with Crippen LogP contribution in [0.15, 0.2) is 121 Å². The zero-order valence-corrected chi connectivity index (χ0v) is 20.5. The normalized spacial score (nSPS) is 10.8. The summed E-state index contributed by atoms with van der Waals surface area (Å²) in [7, 11) is 0. The largest absolute Gasteiger partial charge is 0.228 e. The van der Waals surface area contributed by atoms with E-state index >= 15 is 0 Å². The molecule has 0 aliphatic carbocycles. The summed E-state index contributed by atoms with van der Waals surface area (Å²) in [6, 6.07) is 42.7. The maximum absolute atomic E-state index is 9.52. The molecule has 37 heavy (non-hydrogen) atoms. The Morgan fingerprint density at radius 3 is 1.73 bits per heavy atom. The Kier molecular flexibility index (Phi) is 5.94. The summed E-state index contributed by atoms with van der Waals surface area (Å²) < 4.78 is 0. The fourth-order valence-corrected chi connectivity index (χ4v) is 4.74. The highest BCUT2D eigenvalue weighted by molar-refractivity contribution is 6.31. The molecule has 0 aliphatic heterocycles. The van der Waals surface area contributed by atoms with Gasteiger partial charge in [-0.3, -0.25) is 0 Å². The quantitative estimate of drug-likeness (QED) is 0.246. The molecule has 0 amide bonds. The number of benzene rings is 5. The van der Waals surface area contributed by atoms with Gasteiger partial charge in [0.15, 0.2) is 5.82 Å². The average Bonchev–Trinajstić information content (AvgIpc) is 2.97. The van der Waals surface area contributed by atoms with Gasteiger partial charge in [0.05, 0.1) is 21.8 Å². The number of nitriles is 1. The highest BCUT2D eigenvalue weighted by Crippen LogP contribution is 2.39. The third-order valence-corrected chi connectivity index (χ3v) is 6.73. The fourth-order valence-electron chi connectivity index (χ4n) is 4.58. The Bertz CT molecular complexity index is 1770. The van der Waals surface area contributed by atoms with Crippen molar-refractivity contribution in [2.45, 2.75) is 0 Å². The lowest BCUT2D eigenvalue weighted by atomic mass is 9.91. The zero-order valence-electron chi connectivity index (χ0n) is 19.8. The van der Waals surface area contributed by atoms with E-state index in [1.54, 1.807) is 12.1 Å². The standard InChI is InChI=1S/C33H20ClN3/c34-30-17-16-25(18-26(30)21-35)33-36-31-20-28(23-12-6-2-7-13-23)27(22-10-4-1-5-11-22)19-29(31)32(37-33)24-14-8-3-9-15-24/h1-20H. The smallest absolute Gasteiger partial charge is 0.160 e. The molecule has 0 fully saturated rings. The third-order valence-electron chi connectivity index (χ3n) is 6.40. The highest BCUT2D eigenvalue weighted by atomic mass is 35.5. The van der Waals surface area contributed by atoms with Crippen LogP contribution in [0.1, 0.15) is 5.56 Å². The van der Waals surface area contributed by atoms with E-state index in [0.717, 1.165) is 50.0 Å². The Balaban J connectivity index is 1.69. The van der Waals surface area contributed by atoms with Crippen molar-refractivity contribution in [2.24, 2.45) is 0 Å². The van der Waals surface area contributed by atoms with Crippen molar-refractivity contribution in [2.75, 3.05) is 0 Å². The van der Waals surface area contributed by atoms with Gasteiger partial charge >= 0.3 is 0 Å². The molecule has 0 radical (unpaired) electrons. The van der Waals surface area contributed by atoms with Gasteiger partial charge in [0.2, 0.25) is 0 Å². The molecule has 5 aromatic carbocycles. The van der Waals surface area contributed by atoms with Crippen LogP contribution in [0.5, 0.6) is 0 Å². The van der Waals surface area contributed by atoms with Crippen LogP contribution < -0.4 is 0 Å². The first kappa shape index (κ1) is 22.7. The number of rotatable bonds is 4. The SMILES string of the molecule is N#Cc1cc(-c2nc(-c3ccccc3)c3cc(-c4ccccc4)c(-c4ccccc4)cc3n2)ccc1Cl. The van der Waals surface area contributed by atoms with E-state index in [2.05, 4.69) is 66.7 Å². The second-order valence-corrected chi connectivity index (χ2v) is 9.12. The summed E-state index contributed by atoms with van der Waals surface area (Å²) in [5.74, 6) is 0.547. The number of hydrogen-bond donors (Lipinski definition) is 0. The Morgan fingerprint density at radius 2 is 1.14 bits per heavy atom. The minimum atomic E-state index is 0.397. The van der Waals surface area contributed by atoms with E-state index in [1.165, 1.54) is 0 Å². The van der Waals surface area contributed by atoms with E-state index in [1.807, 2.05) is 48.5 Å². The first-order chi connectivity index (χ1) is 18.2. The second-order valence-electron chi connectivity index (χ2n) is 8.72. The van der Waals surface area contributed by atoms with E-state index in [4.69, 9.17) is 21.6 Å². The number of nitrogens with zero attached hydrogens (tertiary/aromatic N) is 3. The predicted molar refractivity (Wildman–Crippen MR) is 151 cm³/mol. The maximum Gasteiger partial charge on any atom is 0.160 e. The van der Waals surface area contributed by atoms with Gasteiger partial charge in [0.1, 0.15) is 6.07 Å². The third kappa shape index (κ3) is 4.36. The van der Waals surface area contributed by atoms with Crippen LogP contribution in [-0.2, 0) is 0 Å². The summed E-state index contributed by atoms with van der Waals surface area (Å²) in [5, 5.41) is 10.9. The van der Waals surface area contributed by atoms with Crippen molar-refractivity contribution in [3.8, 4) is 51.0 Å². The van der Waals surface area contributed by atoms with Crippen LogP contribution in [0.4, 0.5) is 0 Å². The highest BCUT2D eigenvalue weighted by Gasteiger charge is 2.17. The molecule has 174 valence electrons. The number of aromatic nitrogens is 2. The van der Waals surface area contributed by atoms with Crippen molar-refractivity contribution in [1.29, 1.82) is 5.26 Å². The molecule has 6 aromatic rings. The van der Waals surface area contributed by atoms with Gasteiger partial charge in [0.25, 0.3) is 0 Å². The van der Waals surface area contributed by atoms with Gasteiger partial charge in [-0.15, -0.1) is 0 Å². The maximum atomic E-state index is 9.52. The Morgan fingerprint density at radius 1 is 0.568 bits per heavy atom. The molecule has 1 heterocycles. The first-order valence-electron chi connectivity index (χ1n) is 11.9. The van der Waals surface area contributed by atoms with Gasteiger partial charge in [-0.1, -0.05) is 103 Å².